The van der Waals surface area contributed by atoms with Crippen LogP contribution < -0.4 is 16.0 Å². The third-order valence-electron chi connectivity index (χ3n) is 5.93. The first-order valence-electron chi connectivity index (χ1n) is 11.4. The van der Waals surface area contributed by atoms with Gasteiger partial charge in [0, 0.05) is 44.1 Å². The summed E-state index contributed by atoms with van der Waals surface area (Å²) in [6, 6.07) is 0. The number of rotatable bonds is 7. The van der Waals surface area contributed by atoms with E-state index < -0.39 is 37.1 Å². The largest absolute Gasteiger partial charge is 0.443 e. The van der Waals surface area contributed by atoms with Crippen LogP contribution in [0.3, 0.4) is 0 Å². The molecule has 4 rings (SSSR count). The second kappa shape index (κ2) is 11.1. The minimum absolute atomic E-state index is 0.0141. The van der Waals surface area contributed by atoms with Crippen LogP contribution in [0, 0.1) is 5.82 Å². The van der Waals surface area contributed by atoms with Crippen molar-refractivity contribution in [2.24, 2.45) is 0 Å². The lowest BCUT2D eigenvalue weighted by atomic mass is 9.89. The lowest BCUT2D eigenvalue weighted by molar-refractivity contribution is 0.0211. The molecule has 2 aliphatic rings. The zero-order valence-corrected chi connectivity index (χ0v) is 19.4. The number of hydrogen-bond acceptors (Lipinski definition) is 11. The summed E-state index contributed by atoms with van der Waals surface area (Å²) in [5.41, 5.74) is 4.55. The quantitative estimate of drug-likeness (QED) is 0.490. The lowest BCUT2D eigenvalue weighted by Crippen LogP contribution is -2.57. The Balaban J connectivity index is 1.66. The number of piperidine rings is 1. The van der Waals surface area contributed by atoms with Crippen molar-refractivity contribution in [3.8, 4) is 11.3 Å². The van der Waals surface area contributed by atoms with Crippen LogP contribution in [0.1, 0.15) is 12.8 Å². The fourth-order valence-electron chi connectivity index (χ4n) is 4.11. The third-order valence-corrected chi connectivity index (χ3v) is 5.93. The van der Waals surface area contributed by atoms with Crippen molar-refractivity contribution in [2.45, 2.75) is 24.8 Å². The van der Waals surface area contributed by atoms with Crippen molar-refractivity contribution < 1.29 is 32.5 Å². The summed E-state index contributed by atoms with van der Waals surface area (Å²) in [6.07, 6.45) is -0.291. The summed E-state index contributed by atoms with van der Waals surface area (Å²) in [4.78, 5) is 31.9. The number of morpholine rings is 1. The van der Waals surface area contributed by atoms with Gasteiger partial charge in [-0.2, -0.15) is 4.98 Å². The molecule has 0 bridgehead atoms. The summed E-state index contributed by atoms with van der Waals surface area (Å²) in [5.74, 6) is -0.771. The Morgan fingerprint density at radius 1 is 1.25 bits per heavy atom. The molecule has 2 aromatic heterocycles. The SMILES string of the molecule is Nc1ncc(-c2nc(N3CCOCC3)nc(N[C@]3(CO)CCCN(C(=O)OCC(F)F)C3)c2F)cn1. The number of nitrogen functional groups attached to an aromatic ring is 1. The van der Waals surface area contributed by atoms with Gasteiger partial charge in [-0.1, -0.05) is 0 Å². The molecule has 2 saturated heterocycles. The number of carbonyl (C=O) groups is 1. The minimum atomic E-state index is -2.80. The van der Waals surface area contributed by atoms with Gasteiger partial charge in [-0.3, -0.25) is 0 Å². The van der Waals surface area contributed by atoms with E-state index in [9.17, 15) is 18.7 Å². The number of nitrogens with two attached hydrogens (primary N) is 1. The first-order chi connectivity index (χ1) is 17.3. The summed E-state index contributed by atoms with van der Waals surface area (Å²) in [7, 11) is 0. The minimum Gasteiger partial charge on any atom is -0.443 e. The van der Waals surface area contributed by atoms with Gasteiger partial charge in [0.1, 0.15) is 5.69 Å². The molecule has 0 saturated carbocycles. The number of hydrogen-bond donors (Lipinski definition) is 3. The van der Waals surface area contributed by atoms with Gasteiger partial charge in [-0.15, -0.1) is 0 Å². The van der Waals surface area contributed by atoms with E-state index in [4.69, 9.17) is 10.5 Å². The summed E-state index contributed by atoms with van der Waals surface area (Å²) in [5, 5.41) is 13.2. The van der Waals surface area contributed by atoms with E-state index in [1.165, 1.54) is 17.3 Å². The Labute approximate surface area is 204 Å². The molecule has 0 unspecified atom stereocenters. The molecular weight excluding hydrogens is 485 g/mol. The van der Waals surface area contributed by atoms with Crippen LogP contribution in [0.2, 0.25) is 0 Å². The van der Waals surface area contributed by atoms with E-state index >= 15 is 4.39 Å². The third kappa shape index (κ3) is 5.84. The van der Waals surface area contributed by atoms with Crippen molar-refractivity contribution in [3.05, 3.63) is 18.2 Å². The van der Waals surface area contributed by atoms with Gasteiger partial charge < -0.3 is 35.4 Å². The molecule has 2 fully saturated rings. The van der Waals surface area contributed by atoms with Gasteiger partial charge in [0.15, 0.2) is 18.2 Å². The van der Waals surface area contributed by atoms with E-state index in [2.05, 4.69) is 30.0 Å². The number of aliphatic hydroxyl groups excluding tert-OH is 1. The first-order valence-corrected chi connectivity index (χ1v) is 11.4. The number of aliphatic hydroxyl groups is 1. The summed E-state index contributed by atoms with van der Waals surface area (Å²) in [6.45, 7) is 0.468. The molecule has 12 nitrogen and oxygen atoms in total. The molecular formula is C21H27F3N8O4. The molecule has 0 radical (unpaired) electrons. The molecule has 0 spiro atoms. The maximum Gasteiger partial charge on any atom is 0.410 e. The fraction of sp³-hybridized carbons (Fsp3) is 0.571. The van der Waals surface area contributed by atoms with Crippen LogP contribution in [0.4, 0.5) is 35.7 Å². The van der Waals surface area contributed by atoms with Gasteiger partial charge in [0.05, 0.1) is 25.4 Å². The standard InChI is InChI=1S/C21H27F3N8O4/c22-14(23)10-36-20(34)32-3-1-2-21(11-32,12-33)30-17-15(24)16(13-8-26-18(25)27-9-13)28-19(29-17)31-4-6-35-7-5-31/h8-9,14,33H,1-7,10-12H2,(H2,25,26,27)(H,28,29,30)/t21-/m1/s1. The second-order valence-corrected chi connectivity index (χ2v) is 8.52. The molecule has 2 aromatic rings. The van der Waals surface area contributed by atoms with Crippen LogP contribution in [-0.2, 0) is 9.47 Å². The Bertz CT molecular complexity index is 1060. The van der Waals surface area contributed by atoms with Gasteiger partial charge in [-0.05, 0) is 12.8 Å². The van der Waals surface area contributed by atoms with Crippen LogP contribution in [0.25, 0.3) is 11.3 Å². The number of anilines is 3. The van der Waals surface area contributed by atoms with Gasteiger partial charge in [-0.25, -0.2) is 32.9 Å². The van der Waals surface area contributed by atoms with Crippen LogP contribution in [-0.4, -0.2) is 101 Å². The number of nitrogens with zero attached hydrogens (tertiary/aromatic N) is 6. The maximum atomic E-state index is 15.7. The van der Waals surface area contributed by atoms with Gasteiger partial charge >= 0.3 is 6.09 Å². The Morgan fingerprint density at radius 2 is 1.97 bits per heavy atom. The predicted molar refractivity (Wildman–Crippen MR) is 122 cm³/mol. The molecule has 15 heteroatoms. The molecule has 0 aromatic carbocycles. The second-order valence-electron chi connectivity index (χ2n) is 8.52. The first kappa shape index (κ1) is 25.6. The average Bonchev–Trinajstić information content (AvgIpc) is 2.89. The number of halogens is 3. The normalized spacial score (nSPS) is 20.5. The van der Waals surface area contributed by atoms with Crippen molar-refractivity contribution in [1.82, 2.24) is 24.8 Å². The summed E-state index contributed by atoms with van der Waals surface area (Å²) < 4.78 is 50.7. The van der Waals surface area contributed by atoms with E-state index in [0.717, 1.165) is 0 Å². The van der Waals surface area contributed by atoms with Crippen LogP contribution in [0.5, 0.6) is 0 Å². The van der Waals surface area contributed by atoms with Crippen LogP contribution >= 0.6 is 0 Å². The van der Waals surface area contributed by atoms with E-state index in [-0.39, 0.29) is 42.1 Å². The molecule has 4 N–H and O–H groups in total. The highest BCUT2D eigenvalue weighted by atomic mass is 19.3. The predicted octanol–water partition coefficient (Wildman–Crippen LogP) is 1.13. The Kier molecular flexibility index (Phi) is 7.88. The number of aromatic nitrogens is 4. The highest BCUT2D eigenvalue weighted by molar-refractivity contribution is 5.69. The van der Waals surface area contributed by atoms with E-state index in [0.29, 0.717) is 39.1 Å². The van der Waals surface area contributed by atoms with Crippen molar-refractivity contribution >= 4 is 23.8 Å². The molecule has 4 heterocycles. The molecule has 0 aliphatic carbocycles. The van der Waals surface area contributed by atoms with Crippen LogP contribution in [0.15, 0.2) is 12.4 Å². The topological polar surface area (TPSA) is 152 Å². The van der Waals surface area contributed by atoms with Gasteiger partial charge in [0.2, 0.25) is 11.9 Å². The molecule has 196 valence electrons. The molecule has 1 amide bonds. The van der Waals surface area contributed by atoms with E-state index in [1.54, 1.807) is 0 Å². The Hall–Kier alpha value is -3.46. The number of carbonyl (C=O) groups excluding carboxylic acids is 1. The highest BCUT2D eigenvalue weighted by Gasteiger charge is 2.39. The molecule has 36 heavy (non-hydrogen) atoms. The molecule has 2 aliphatic heterocycles. The number of ether oxygens (including phenoxy) is 2. The maximum absolute atomic E-state index is 15.7. The molecule has 1 atom stereocenters. The van der Waals surface area contributed by atoms with Crippen molar-refractivity contribution in [3.63, 3.8) is 0 Å². The monoisotopic (exact) mass is 512 g/mol. The van der Waals surface area contributed by atoms with Crippen molar-refractivity contribution in [1.29, 1.82) is 0 Å². The lowest BCUT2D eigenvalue weighted by Gasteiger charge is -2.42. The number of amides is 1. The zero-order valence-electron chi connectivity index (χ0n) is 19.4. The van der Waals surface area contributed by atoms with E-state index in [1.807, 2.05) is 4.90 Å². The Morgan fingerprint density at radius 3 is 2.64 bits per heavy atom. The zero-order chi connectivity index (χ0) is 25.7. The smallest absolute Gasteiger partial charge is 0.410 e. The number of nitrogens with one attached hydrogen (secondary N) is 1. The highest BCUT2D eigenvalue weighted by Crippen LogP contribution is 2.32. The average molecular weight is 512 g/mol. The van der Waals surface area contributed by atoms with Crippen molar-refractivity contribution in [2.75, 3.05) is 68.6 Å². The fourth-order valence-corrected chi connectivity index (χ4v) is 4.11. The number of likely N-dealkylation sites (tertiary alicyclic amines) is 1. The summed E-state index contributed by atoms with van der Waals surface area (Å²) >= 11 is 0. The number of alkyl halides is 2. The van der Waals surface area contributed by atoms with Gasteiger partial charge in [0.25, 0.3) is 6.43 Å².